The zero-order valence-electron chi connectivity index (χ0n) is 18.6. The maximum Gasteiger partial charge on any atom is 0.242 e. The summed E-state index contributed by atoms with van der Waals surface area (Å²) in [5, 5.41) is 2.79. The minimum Gasteiger partial charge on any atom is -0.493 e. The van der Waals surface area contributed by atoms with Gasteiger partial charge >= 0.3 is 0 Å². The number of thioether (sulfide) groups is 1. The molecule has 1 rings (SSSR count). The largest absolute Gasteiger partial charge is 0.493 e. The molecule has 0 aliphatic heterocycles. The molecule has 0 aliphatic rings. The molecule has 30 heavy (non-hydrogen) atoms. The van der Waals surface area contributed by atoms with Crippen molar-refractivity contribution in [2.75, 3.05) is 56.4 Å². The highest BCUT2D eigenvalue weighted by Gasteiger charge is 2.23. The lowest BCUT2D eigenvalue weighted by atomic mass is 10.2. The van der Waals surface area contributed by atoms with E-state index in [1.165, 1.54) is 6.92 Å². The minimum absolute atomic E-state index is 0.0802. The first kappa shape index (κ1) is 26.5. The number of nitrogens with zero attached hydrogens (tertiary/aromatic N) is 1. The standard InChI is InChI=1S/C20H35N3O5S2/c1-6-23(7-2)12-13-28-19-15-16(9-10-18(19)27-4)21-20(24)17(11-14-29-5)22-30(25,26)8-3/h9-10,15,17,22H,6-8,11-14H2,1-5H3,(H,21,24). The number of carbonyl (C=O) groups is 1. The molecule has 0 bridgehead atoms. The van der Waals surface area contributed by atoms with E-state index in [2.05, 4.69) is 28.8 Å². The van der Waals surface area contributed by atoms with Crippen molar-refractivity contribution >= 4 is 33.4 Å². The molecule has 0 aromatic heterocycles. The Morgan fingerprint density at radius 2 is 1.90 bits per heavy atom. The van der Waals surface area contributed by atoms with Crippen molar-refractivity contribution in [1.29, 1.82) is 0 Å². The Hall–Kier alpha value is -1.49. The summed E-state index contributed by atoms with van der Waals surface area (Å²) in [6, 6.07) is 4.28. The Morgan fingerprint density at radius 1 is 1.20 bits per heavy atom. The summed E-state index contributed by atoms with van der Waals surface area (Å²) < 4.78 is 37.6. The van der Waals surface area contributed by atoms with E-state index < -0.39 is 22.0 Å². The van der Waals surface area contributed by atoms with Crippen LogP contribution in [0.25, 0.3) is 0 Å². The van der Waals surface area contributed by atoms with E-state index in [-0.39, 0.29) is 5.75 Å². The molecule has 0 saturated heterocycles. The Bertz CT molecular complexity index is 755. The van der Waals surface area contributed by atoms with Gasteiger partial charge in [-0.15, -0.1) is 0 Å². The SMILES string of the molecule is CCN(CC)CCOc1cc(NC(=O)C(CCSC)NS(=O)(=O)CC)ccc1OC. The van der Waals surface area contributed by atoms with Gasteiger partial charge in [-0.2, -0.15) is 11.8 Å². The summed E-state index contributed by atoms with van der Waals surface area (Å²) in [6.07, 6.45) is 2.31. The first-order valence-corrected chi connectivity index (χ1v) is 13.2. The molecule has 0 saturated carbocycles. The molecule has 10 heteroatoms. The molecule has 0 aliphatic carbocycles. The Kier molecular flexibility index (Phi) is 12.2. The fraction of sp³-hybridized carbons (Fsp3) is 0.650. The van der Waals surface area contributed by atoms with E-state index in [9.17, 15) is 13.2 Å². The van der Waals surface area contributed by atoms with Crippen molar-refractivity contribution in [1.82, 2.24) is 9.62 Å². The Labute approximate surface area is 185 Å². The average molecular weight is 462 g/mol. The van der Waals surface area contributed by atoms with Gasteiger partial charge in [0.2, 0.25) is 15.9 Å². The van der Waals surface area contributed by atoms with Crippen LogP contribution < -0.4 is 19.5 Å². The van der Waals surface area contributed by atoms with Gasteiger partial charge in [-0.05, 0) is 50.6 Å². The summed E-state index contributed by atoms with van der Waals surface area (Å²) in [4.78, 5) is 15.0. The predicted molar refractivity (Wildman–Crippen MR) is 124 cm³/mol. The van der Waals surface area contributed by atoms with Crippen LogP contribution in [-0.2, 0) is 14.8 Å². The molecule has 1 aromatic carbocycles. The summed E-state index contributed by atoms with van der Waals surface area (Å²) >= 11 is 1.55. The predicted octanol–water partition coefficient (Wildman–Crippen LogP) is 2.42. The summed E-state index contributed by atoms with van der Waals surface area (Å²) in [6.45, 7) is 8.89. The van der Waals surface area contributed by atoms with Crippen LogP contribution in [0.2, 0.25) is 0 Å². The second-order valence-electron chi connectivity index (χ2n) is 6.59. The van der Waals surface area contributed by atoms with Crippen molar-refractivity contribution in [3.63, 3.8) is 0 Å². The van der Waals surface area contributed by atoms with Gasteiger partial charge in [-0.25, -0.2) is 13.1 Å². The van der Waals surface area contributed by atoms with Crippen LogP contribution >= 0.6 is 11.8 Å². The monoisotopic (exact) mass is 461 g/mol. The lowest BCUT2D eigenvalue weighted by molar-refractivity contribution is -0.117. The van der Waals surface area contributed by atoms with Gasteiger partial charge in [-0.1, -0.05) is 13.8 Å². The molecule has 0 fully saturated rings. The van der Waals surface area contributed by atoms with Crippen molar-refractivity contribution in [2.45, 2.75) is 33.2 Å². The first-order valence-electron chi connectivity index (χ1n) is 10.1. The van der Waals surface area contributed by atoms with Gasteiger partial charge in [0.25, 0.3) is 0 Å². The van der Waals surface area contributed by atoms with Crippen molar-refractivity contribution in [3.8, 4) is 11.5 Å². The van der Waals surface area contributed by atoms with Crippen LogP contribution in [0, 0.1) is 0 Å². The van der Waals surface area contributed by atoms with E-state index in [1.54, 1.807) is 37.1 Å². The van der Waals surface area contributed by atoms with Gasteiger partial charge in [0.1, 0.15) is 12.6 Å². The fourth-order valence-electron chi connectivity index (χ4n) is 2.70. The molecule has 1 atom stereocenters. The number of sulfonamides is 1. The van der Waals surface area contributed by atoms with Crippen LogP contribution in [0.3, 0.4) is 0 Å². The smallest absolute Gasteiger partial charge is 0.242 e. The second kappa shape index (κ2) is 13.7. The van der Waals surface area contributed by atoms with E-state index in [1.807, 2.05) is 6.26 Å². The Balaban J connectivity index is 2.89. The number of ether oxygens (including phenoxy) is 2. The first-order chi connectivity index (χ1) is 14.3. The molecule has 2 N–H and O–H groups in total. The molecule has 1 aromatic rings. The number of methoxy groups -OCH3 is 1. The van der Waals surface area contributed by atoms with Crippen LogP contribution in [-0.4, -0.2) is 76.4 Å². The van der Waals surface area contributed by atoms with Gasteiger partial charge < -0.3 is 19.7 Å². The quantitative estimate of drug-likeness (QED) is 0.414. The molecule has 0 spiro atoms. The van der Waals surface area contributed by atoms with Gasteiger partial charge in [0.15, 0.2) is 11.5 Å². The number of nitrogens with one attached hydrogen (secondary N) is 2. The normalized spacial score (nSPS) is 12.6. The number of benzene rings is 1. The van der Waals surface area contributed by atoms with Gasteiger partial charge in [0, 0.05) is 18.3 Å². The zero-order chi connectivity index (χ0) is 22.6. The number of amides is 1. The third kappa shape index (κ3) is 9.11. The third-order valence-corrected chi connectivity index (χ3v) is 6.67. The topological polar surface area (TPSA) is 97.0 Å². The number of hydrogen-bond donors (Lipinski definition) is 2. The third-order valence-electron chi connectivity index (χ3n) is 4.62. The average Bonchev–Trinajstić information content (AvgIpc) is 2.74. The Morgan fingerprint density at radius 3 is 2.47 bits per heavy atom. The molecule has 172 valence electrons. The highest BCUT2D eigenvalue weighted by molar-refractivity contribution is 7.98. The molecule has 1 amide bonds. The molecule has 0 radical (unpaired) electrons. The second-order valence-corrected chi connectivity index (χ2v) is 9.61. The van der Waals surface area contributed by atoms with Gasteiger partial charge in [-0.3, -0.25) is 4.79 Å². The maximum absolute atomic E-state index is 12.7. The number of hydrogen-bond acceptors (Lipinski definition) is 7. The zero-order valence-corrected chi connectivity index (χ0v) is 20.2. The summed E-state index contributed by atoms with van der Waals surface area (Å²) in [5.74, 6) is 1.27. The van der Waals surface area contributed by atoms with Crippen LogP contribution in [0.5, 0.6) is 11.5 Å². The fourth-order valence-corrected chi connectivity index (χ4v) is 4.00. The molecular formula is C20H35N3O5S2. The van der Waals surface area contributed by atoms with E-state index in [4.69, 9.17) is 9.47 Å². The summed E-state index contributed by atoms with van der Waals surface area (Å²) in [7, 11) is -1.94. The van der Waals surface area contributed by atoms with Crippen LogP contribution in [0.15, 0.2) is 18.2 Å². The molecule has 1 unspecified atom stereocenters. The molecular weight excluding hydrogens is 426 g/mol. The van der Waals surface area contributed by atoms with Crippen molar-refractivity contribution in [3.05, 3.63) is 18.2 Å². The lowest BCUT2D eigenvalue weighted by Crippen LogP contribution is -2.44. The van der Waals surface area contributed by atoms with Crippen LogP contribution in [0.4, 0.5) is 5.69 Å². The van der Waals surface area contributed by atoms with Gasteiger partial charge in [0.05, 0.1) is 12.9 Å². The number of rotatable bonds is 15. The van der Waals surface area contributed by atoms with E-state index in [0.29, 0.717) is 36.0 Å². The maximum atomic E-state index is 12.7. The van der Waals surface area contributed by atoms with Crippen molar-refractivity contribution in [2.24, 2.45) is 0 Å². The van der Waals surface area contributed by atoms with Crippen LogP contribution in [0.1, 0.15) is 27.2 Å². The van der Waals surface area contributed by atoms with E-state index in [0.717, 1.165) is 19.6 Å². The highest BCUT2D eigenvalue weighted by atomic mass is 32.2. The molecule has 8 nitrogen and oxygen atoms in total. The summed E-state index contributed by atoms with van der Waals surface area (Å²) in [5.41, 5.74) is 0.517. The highest BCUT2D eigenvalue weighted by Crippen LogP contribution is 2.30. The number of anilines is 1. The number of carbonyl (C=O) groups excluding carboxylic acids is 1. The lowest BCUT2D eigenvalue weighted by Gasteiger charge is -2.20. The van der Waals surface area contributed by atoms with E-state index >= 15 is 0 Å². The minimum atomic E-state index is -3.50. The van der Waals surface area contributed by atoms with Crippen molar-refractivity contribution < 1.29 is 22.7 Å². The molecule has 0 heterocycles. The number of likely N-dealkylation sites (N-methyl/N-ethyl adjacent to an activating group) is 1.